The van der Waals surface area contributed by atoms with Crippen LogP contribution in [0.1, 0.15) is 30.0 Å². The van der Waals surface area contributed by atoms with E-state index in [-0.39, 0.29) is 0 Å². The second kappa shape index (κ2) is 5.32. The van der Waals surface area contributed by atoms with Crippen LogP contribution >= 0.6 is 0 Å². The molecule has 1 aromatic heterocycles. The van der Waals surface area contributed by atoms with E-state index in [1.54, 1.807) is 0 Å². The van der Waals surface area contributed by atoms with E-state index in [2.05, 4.69) is 46.7 Å². The Bertz CT molecular complexity index is 472. The molecule has 2 aromatic rings. The van der Waals surface area contributed by atoms with Crippen LogP contribution in [-0.4, -0.2) is 11.0 Å². The van der Waals surface area contributed by atoms with E-state index < -0.39 is 0 Å². The Labute approximate surface area is 108 Å². The molecule has 1 saturated carbocycles. The molecule has 1 aliphatic carbocycles. The second-order valence-electron chi connectivity index (χ2n) is 4.98. The lowest BCUT2D eigenvalue weighted by molar-refractivity contribution is 0.288. The van der Waals surface area contributed by atoms with Crippen LogP contribution in [0.15, 0.2) is 54.7 Å². The number of rotatable bonds is 4. The van der Waals surface area contributed by atoms with Crippen molar-refractivity contribution in [1.29, 1.82) is 0 Å². The third-order valence-electron chi connectivity index (χ3n) is 3.71. The van der Waals surface area contributed by atoms with E-state index >= 15 is 0 Å². The predicted molar refractivity (Wildman–Crippen MR) is 73.3 cm³/mol. The van der Waals surface area contributed by atoms with Crippen molar-refractivity contribution in [3.05, 3.63) is 66.0 Å². The minimum Gasteiger partial charge on any atom is -0.308 e. The Kier molecular flexibility index (Phi) is 3.37. The molecule has 2 heteroatoms. The first-order valence-corrected chi connectivity index (χ1v) is 6.60. The normalized spacial score (nSPS) is 22.4. The monoisotopic (exact) mass is 238 g/mol. The van der Waals surface area contributed by atoms with Gasteiger partial charge in [-0.2, -0.15) is 0 Å². The number of benzene rings is 1. The van der Waals surface area contributed by atoms with Gasteiger partial charge in [0, 0.05) is 18.8 Å². The summed E-state index contributed by atoms with van der Waals surface area (Å²) in [6, 6.07) is 17.5. The van der Waals surface area contributed by atoms with Gasteiger partial charge in [-0.05, 0) is 36.5 Å². The summed E-state index contributed by atoms with van der Waals surface area (Å²) in [7, 11) is 0. The Morgan fingerprint density at radius 2 is 1.78 bits per heavy atom. The van der Waals surface area contributed by atoms with Gasteiger partial charge in [0.1, 0.15) is 0 Å². The van der Waals surface area contributed by atoms with E-state index in [1.165, 1.54) is 18.4 Å². The van der Waals surface area contributed by atoms with Gasteiger partial charge in [0.15, 0.2) is 0 Å². The fraction of sp³-hybridized carbons (Fsp3) is 0.312. The van der Waals surface area contributed by atoms with Gasteiger partial charge in [-0.1, -0.05) is 36.4 Å². The fourth-order valence-corrected chi connectivity index (χ4v) is 2.53. The lowest BCUT2D eigenvalue weighted by Gasteiger charge is -2.36. The summed E-state index contributed by atoms with van der Waals surface area (Å²) in [6.45, 7) is 0.882. The third-order valence-corrected chi connectivity index (χ3v) is 3.71. The first-order valence-electron chi connectivity index (χ1n) is 6.60. The zero-order chi connectivity index (χ0) is 12.2. The lowest BCUT2D eigenvalue weighted by Crippen LogP contribution is -2.39. The highest BCUT2D eigenvalue weighted by atomic mass is 14.9. The number of hydrogen-bond donors (Lipinski definition) is 1. The molecule has 18 heavy (non-hydrogen) atoms. The zero-order valence-corrected chi connectivity index (χ0v) is 10.4. The molecule has 0 aliphatic heterocycles. The summed E-state index contributed by atoms with van der Waals surface area (Å²) in [5.41, 5.74) is 2.61. The number of aromatic nitrogens is 1. The molecule has 1 N–H and O–H groups in total. The van der Waals surface area contributed by atoms with E-state index in [1.807, 2.05) is 18.3 Å². The number of pyridine rings is 1. The molecule has 1 aliphatic rings. The van der Waals surface area contributed by atoms with Gasteiger partial charge in [-0.15, -0.1) is 0 Å². The minimum atomic E-state index is 0.650. The Balaban J connectivity index is 1.46. The number of nitrogens with zero attached hydrogens (tertiary/aromatic N) is 1. The third kappa shape index (κ3) is 2.59. The summed E-state index contributed by atoms with van der Waals surface area (Å²) in [6.07, 6.45) is 4.35. The lowest BCUT2D eigenvalue weighted by atomic mass is 9.76. The second-order valence-corrected chi connectivity index (χ2v) is 4.98. The molecule has 0 spiro atoms. The topological polar surface area (TPSA) is 24.9 Å². The molecular weight excluding hydrogens is 220 g/mol. The summed E-state index contributed by atoms with van der Waals surface area (Å²) in [4.78, 5) is 4.32. The summed E-state index contributed by atoms with van der Waals surface area (Å²) < 4.78 is 0. The predicted octanol–water partition coefficient (Wildman–Crippen LogP) is 3.12. The molecular formula is C16H18N2. The first kappa shape index (κ1) is 11.4. The quantitative estimate of drug-likeness (QED) is 0.885. The van der Waals surface area contributed by atoms with Crippen LogP contribution in [-0.2, 0) is 6.54 Å². The maximum atomic E-state index is 4.32. The highest BCUT2D eigenvalue weighted by Crippen LogP contribution is 2.36. The van der Waals surface area contributed by atoms with Crippen molar-refractivity contribution in [2.75, 3.05) is 0 Å². The molecule has 0 unspecified atom stereocenters. The highest BCUT2D eigenvalue weighted by molar-refractivity contribution is 5.22. The van der Waals surface area contributed by atoms with Crippen LogP contribution in [0.3, 0.4) is 0 Å². The average molecular weight is 238 g/mol. The maximum Gasteiger partial charge on any atom is 0.0541 e. The molecule has 1 fully saturated rings. The van der Waals surface area contributed by atoms with E-state index in [9.17, 15) is 0 Å². The van der Waals surface area contributed by atoms with Crippen molar-refractivity contribution in [1.82, 2.24) is 10.3 Å². The standard InChI is InChI=1S/C16H18N2/c1-2-6-13(7-3-1)14-10-16(11-14)18-12-15-8-4-5-9-17-15/h1-9,14,16,18H,10-12H2. The minimum absolute atomic E-state index is 0.650. The van der Waals surface area contributed by atoms with Crippen molar-refractivity contribution in [2.24, 2.45) is 0 Å². The maximum absolute atomic E-state index is 4.32. The van der Waals surface area contributed by atoms with Crippen LogP contribution in [0.5, 0.6) is 0 Å². The van der Waals surface area contributed by atoms with Crippen molar-refractivity contribution < 1.29 is 0 Å². The van der Waals surface area contributed by atoms with E-state index in [0.29, 0.717) is 6.04 Å². The first-order chi connectivity index (χ1) is 8.92. The Morgan fingerprint density at radius 1 is 1.00 bits per heavy atom. The zero-order valence-electron chi connectivity index (χ0n) is 10.4. The molecule has 0 atom stereocenters. The molecule has 0 saturated heterocycles. The van der Waals surface area contributed by atoms with E-state index in [4.69, 9.17) is 0 Å². The van der Waals surface area contributed by atoms with Gasteiger partial charge >= 0.3 is 0 Å². The molecule has 0 bridgehead atoms. The summed E-state index contributed by atoms with van der Waals surface area (Å²) in [5, 5.41) is 3.57. The van der Waals surface area contributed by atoms with Crippen LogP contribution in [0.2, 0.25) is 0 Å². The van der Waals surface area contributed by atoms with Crippen LogP contribution in [0.25, 0.3) is 0 Å². The van der Waals surface area contributed by atoms with Gasteiger partial charge in [-0.25, -0.2) is 0 Å². The average Bonchev–Trinajstić information content (AvgIpc) is 2.39. The van der Waals surface area contributed by atoms with Gasteiger partial charge < -0.3 is 5.32 Å². The van der Waals surface area contributed by atoms with Gasteiger partial charge in [-0.3, -0.25) is 4.98 Å². The van der Waals surface area contributed by atoms with Crippen molar-refractivity contribution in [3.8, 4) is 0 Å². The Hall–Kier alpha value is -1.67. The smallest absolute Gasteiger partial charge is 0.0541 e. The highest BCUT2D eigenvalue weighted by Gasteiger charge is 2.29. The van der Waals surface area contributed by atoms with E-state index in [0.717, 1.165) is 18.2 Å². The summed E-state index contributed by atoms with van der Waals surface area (Å²) in [5.74, 6) is 0.743. The van der Waals surface area contributed by atoms with Crippen molar-refractivity contribution >= 4 is 0 Å². The summed E-state index contributed by atoms with van der Waals surface area (Å²) >= 11 is 0. The molecule has 2 nitrogen and oxygen atoms in total. The largest absolute Gasteiger partial charge is 0.308 e. The van der Waals surface area contributed by atoms with Crippen LogP contribution < -0.4 is 5.32 Å². The van der Waals surface area contributed by atoms with Crippen LogP contribution in [0, 0.1) is 0 Å². The van der Waals surface area contributed by atoms with Crippen molar-refractivity contribution in [2.45, 2.75) is 31.3 Å². The number of hydrogen-bond acceptors (Lipinski definition) is 2. The fourth-order valence-electron chi connectivity index (χ4n) is 2.53. The molecule has 92 valence electrons. The molecule has 0 radical (unpaired) electrons. The van der Waals surface area contributed by atoms with Gasteiger partial charge in [0.25, 0.3) is 0 Å². The molecule has 1 aromatic carbocycles. The Morgan fingerprint density at radius 3 is 2.50 bits per heavy atom. The molecule has 1 heterocycles. The van der Waals surface area contributed by atoms with Gasteiger partial charge in [0.05, 0.1) is 5.69 Å². The van der Waals surface area contributed by atoms with Gasteiger partial charge in [0.2, 0.25) is 0 Å². The molecule has 0 amide bonds. The van der Waals surface area contributed by atoms with Crippen molar-refractivity contribution in [3.63, 3.8) is 0 Å². The number of nitrogens with one attached hydrogen (secondary N) is 1. The van der Waals surface area contributed by atoms with Crippen LogP contribution in [0.4, 0.5) is 0 Å². The SMILES string of the molecule is c1ccc(C2CC(NCc3ccccn3)C2)cc1. The molecule has 3 rings (SSSR count).